The molecule has 1 aliphatic heterocycles. The summed E-state index contributed by atoms with van der Waals surface area (Å²) in [5.74, 6) is 0.873. The maximum atomic E-state index is 13.1. The summed E-state index contributed by atoms with van der Waals surface area (Å²) in [5, 5.41) is 0.463. The lowest BCUT2D eigenvalue weighted by molar-refractivity contribution is 0.222. The first-order valence-electron chi connectivity index (χ1n) is 11.1. The van der Waals surface area contributed by atoms with E-state index in [-0.39, 0.29) is 0 Å². The zero-order valence-electron chi connectivity index (χ0n) is 18.6. The van der Waals surface area contributed by atoms with Crippen LogP contribution in [0.1, 0.15) is 36.9 Å². The zero-order chi connectivity index (χ0) is 22.7. The van der Waals surface area contributed by atoms with Gasteiger partial charge in [-0.1, -0.05) is 42.7 Å². The summed E-state index contributed by atoms with van der Waals surface area (Å²) < 4.78 is 33.1. The number of rotatable bonds is 6. The molecule has 1 saturated heterocycles. The fraction of sp³-hybridized carbons (Fsp3) is 0.458. The zero-order valence-corrected chi connectivity index (χ0v) is 20.2. The molecule has 2 heterocycles. The Morgan fingerprint density at radius 3 is 2.34 bits per heavy atom. The summed E-state index contributed by atoms with van der Waals surface area (Å²) in [4.78, 5) is 7.08. The minimum Gasteiger partial charge on any atom is -0.480 e. The Labute approximate surface area is 195 Å². The van der Waals surface area contributed by atoms with Crippen molar-refractivity contribution in [2.24, 2.45) is 5.92 Å². The van der Waals surface area contributed by atoms with E-state index in [1.807, 2.05) is 25.2 Å². The van der Waals surface area contributed by atoms with Gasteiger partial charge in [-0.15, -0.1) is 0 Å². The number of halogens is 1. The summed E-state index contributed by atoms with van der Waals surface area (Å²) in [6, 6.07) is 10.9. The van der Waals surface area contributed by atoms with Gasteiger partial charge in [0.05, 0.1) is 17.7 Å². The predicted octanol–water partition coefficient (Wildman–Crippen LogP) is 4.30. The first kappa shape index (κ1) is 23.2. The number of methoxy groups -OCH3 is 1. The first-order chi connectivity index (χ1) is 15.4. The van der Waals surface area contributed by atoms with E-state index in [1.165, 1.54) is 12.8 Å². The molecule has 8 heteroatoms. The average Bonchev–Trinajstić information content (AvgIpc) is 3.32. The van der Waals surface area contributed by atoms with Gasteiger partial charge in [0.15, 0.2) is 0 Å². The third-order valence-electron chi connectivity index (χ3n) is 6.35. The molecule has 4 rings (SSSR count). The molecule has 1 aliphatic carbocycles. The van der Waals surface area contributed by atoms with E-state index in [0.29, 0.717) is 34.8 Å². The molecule has 2 fully saturated rings. The van der Waals surface area contributed by atoms with Crippen LogP contribution in [-0.4, -0.2) is 62.9 Å². The van der Waals surface area contributed by atoms with Gasteiger partial charge in [-0.05, 0) is 55.6 Å². The van der Waals surface area contributed by atoms with Crippen molar-refractivity contribution in [1.82, 2.24) is 14.2 Å². The summed E-state index contributed by atoms with van der Waals surface area (Å²) in [7, 11) is 0.0655. The number of ether oxygens (including phenoxy) is 1. The highest BCUT2D eigenvalue weighted by Crippen LogP contribution is 2.34. The summed E-state index contributed by atoms with van der Waals surface area (Å²) in [6.45, 7) is 2.52. The van der Waals surface area contributed by atoms with Crippen molar-refractivity contribution in [3.05, 3.63) is 58.8 Å². The number of nitrogens with zero attached hydrogens (tertiary/aromatic N) is 3. The number of benzene rings is 1. The molecule has 0 bridgehead atoms. The topological polar surface area (TPSA) is 62.7 Å². The van der Waals surface area contributed by atoms with Crippen LogP contribution >= 0.6 is 11.6 Å². The van der Waals surface area contributed by atoms with Crippen LogP contribution in [0.2, 0.25) is 5.02 Å². The largest absolute Gasteiger partial charge is 0.480 e. The standard InChI is InChI=1S/C24H30ClN3O3S/c1-27-13-15-28(16-14-27)32(29,30)20-9-7-19(8-10-20)21(17-18-5-3-4-6-18)23-12-11-22(25)24(26-23)31-2/h7-12,17-18H,3-6,13-16H2,1-2H3. The van der Waals surface area contributed by atoms with Crippen molar-refractivity contribution in [2.75, 3.05) is 40.3 Å². The highest BCUT2D eigenvalue weighted by molar-refractivity contribution is 7.89. The quantitative estimate of drug-likeness (QED) is 0.623. The Kier molecular flexibility index (Phi) is 7.20. The molecular formula is C24H30ClN3O3S. The van der Waals surface area contributed by atoms with Gasteiger partial charge in [-0.3, -0.25) is 0 Å². The van der Waals surface area contributed by atoms with Gasteiger partial charge in [0.1, 0.15) is 5.02 Å². The number of allylic oxidation sites excluding steroid dienone is 1. The minimum atomic E-state index is -3.50. The van der Waals surface area contributed by atoms with Gasteiger partial charge in [0.25, 0.3) is 0 Å². The molecule has 0 unspecified atom stereocenters. The number of aromatic nitrogens is 1. The van der Waals surface area contributed by atoms with E-state index in [0.717, 1.165) is 42.8 Å². The van der Waals surface area contributed by atoms with E-state index in [9.17, 15) is 8.42 Å². The van der Waals surface area contributed by atoms with Gasteiger partial charge in [0, 0.05) is 31.8 Å². The van der Waals surface area contributed by atoms with E-state index in [2.05, 4.69) is 16.0 Å². The predicted molar refractivity (Wildman–Crippen MR) is 128 cm³/mol. The van der Waals surface area contributed by atoms with Crippen LogP contribution in [0.5, 0.6) is 5.88 Å². The van der Waals surface area contributed by atoms with Gasteiger partial charge < -0.3 is 9.64 Å². The Morgan fingerprint density at radius 1 is 1.06 bits per heavy atom. The second-order valence-electron chi connectivity index (χ2n) is 8.54. The number of piperazine rings is 1. The van der Waals surface area contributed by atoms with E-state index in [1.54, 1.807) is 29.6 Å². The van der Waals surface area contributed by atoms with Gasteiger partial charge in [-0.25, -0.2) is 13.4 Å². The van der Waals surface area contributed by atoms with E-state index >= 15 is 0 Å². The summed E-state index contributed by atoms with van der Waals surface area (Å²) in [6.07, 6.45) is 7.04. The normalized spacial score (nSPS) is 19.4. The SMILES string of the molecule is COc1nc(C(=CC2CCCC2)c2ccc(S(=O)(=O)N3CCN(C)CC3)cc2)ccc1Cl. The fourth-order valence-corrected chi connectivity index (χ4v) is 5.99. The van der Waals surface area contributed by atoms with E-state index in [4.69, 9.17) is 16.3 Å². The smallest absolute Gasteiger partial charge is 0.243 e. The van der Waals surface area contributed by atoms with Crippen LogP contribution in [0.4, 0.5) is 0 Å². The molecule has 0 N–H and O–H groups in total. The van der Waals surface area contributed by atoms with Crippen molar-refractivity contribution in [2.45, 2.75) is 30.6 Å². The Morgan fingerprint density at radius 2 is 1.72 bits per heavy atom. The average molecular weight is 476 g/mol. The minimum absolute atomic E-state index is 0.327. The third-order valence-corrected chi connectivity index (χ3v) is 8.55. The number of pyridine rings is 1. The lowest BCUT2D eigenvalue weighted by Gasteiger charge is -2.31. The molecule has 1 aromatic heterocycles. The molecule has 172 valence electrons. The molecule has 32 heavy (non-hydrogen) atoms. The van der Waals surface area contributed by atoms with Crippen LogP contribution in [0.25, 0.3) is 5.57 Å². The second-order valence-corrected chi connectivity index (χ2v) is 10.9. The molecule has 0 radical (unpaired) electrons. The number of likely N-dealkylation sites (N-methyl/N-ethyl adjacent to an activating group) is 1. The van der Waals surface area contributed by atoms with E-state index < -0.39 is 10.0 Å². The monoisotopic (exact) mass is 475 g/mol. The molecule has 6 nitrogen and oxygen atoms in total. The number of hydrogen-bond donors (Lipinski definition) is 0. The maximum absolute atomic E-state index is 13.1. The molecule has 1 saturated carbocycles. The number of sulfonamides is 1. The van der Waals surface area contributed by atoms with Crippen LogP contribution in [0.3, 0.4) is 0 Å². The highest BCUT2D eigenvalue weighted by Gasteiger charge is 2.27. The third kappa shape index (κ3) is 5.01. The lowest BCUT2D eigenvalue weighted by Crippen LogP contribution is -2.46. The van der Waals surface area contributed by atoms with Gasteiger partial charge in [-0.2, -0.15) is 4.31 Å². The first-order valence-corrected chi connectivity index (χ1v) is 12.9. The maximum Gasteiger partial charge on any atom is 0.243 e. The van der Waals surface area contributed by atoms with Crippen LogP contribution < -0.4 is 4.74 Å². The summed E-state index contributed by atoms with van der Waals surface area (Å²) >= 11 is 6.19. The van der Waals surface area contributed by atoms with Gasteiger partial charge >= 0.3 is 0 Å². The summed E-state index contributed by atoms with van der Waals surface area (Å²) in [5.41, 5.74) is 2.69. The lowest BCUT2D eigenvalue weighted by atomic mass is 9.96. The molecule has 0 spiro atoms. The Balaban J connectivity index is 1.66. The van der Waals surface area contributed by atoms with Gasteiger partial charge in [0.2, 0.25) is 15.9 Å². The molecule has 2 aromatic rings. The Hall–Kier alpha value is -1.93. The molecule has 0 amide bonds. The fourth-order valence-electron chi connectivity index (χ4n) is 4.39. The Bertz CT molecular complexity index is 1070. The van der Waals surface area contributed by atoms with Crippen molar-refractivity contribution in [3.8, 4) is 5.88 Å². The molecule has 1 aromatic carbocycles. The van der Waals surface area contributed by atoms with Crippen LogP contribution in [0, 0.1) is 5.92 Å². The molecular weight excluding hydrogens is 446 g/mol. The van der Waals surface area contributed by atoms with Crippen molar-refractivity contribution < 1.29 is 13.2 Å². The molecule has 0 atom stereocenters. The van der Waals surface area contributed by atoms with Crippen molar-refractivity contribution in [3.63, 3.8) is 0 Å². The van der Waals surface area contributed by atoms with Crippen molar-refractivity contribution in [1.29, 1.82) is 0 Å². The number of hydrogen-bond acceptors (Lipinski definition) is 5. The second kappa shape index (κ2) is 9.91. The van der Waals surface area contributed by atoms with Crippen LogP contribution in [-0.2, 0) is 10.0 Å². The highest BCUT2D eigenvalue weighted by atomic mass is 35.5. The van der Waals surface area contributed by atoms with Crippen molar-refractivity contribution >= 4 is 27.2 Å². The molecule has 2 aliphatic rings. The van der Waals surface area contributed by atoms with Crippen LogP contribution in [0.15, 0.2) is 47.4 Å².